The number of nitrogens with two attached hydrogens (primary N) is 1. The van der Waals surface area contributed by atoms with Crippen LogP contribution in [-0.4, -0.2) is 9.97 Å². The molecule has 5 aromatic rings. The minimum Gasteiger partial charge on any atom is -0.436 e. The molecule has 0 amide bonds. The number of oxazole rings is 2. The van der Waals surface area contributed by atoms with E-state index in [4.69, 9.17) is 14.6 Å². The minimum absolute atomic E-state index is 0.524. The van der Waals surface area contributed by atoms with Crippen molar-refractivity contribution in [3.8, 4) is 22.9 Å². The number of hydrogen-bond acceptors (Lipinski definition) is 5. The molecule has 0 saturated carbocycles. The summed E-state index contributed by atoms with van der Waals surface area (Å²) >= 11 is 0. The van der Waals surface area contributed by atoms with Crippen LogP contribution in [0.2, 0.25) is 0 Å². The molecule has 0 unspecified atom stereocenters. The second-order valence-electron chi connectivity index (χ2n) is 6.82. The van der Waals surface area contributed by atoms with Crippen molar-refractivity contribution < 1.29 is 8.83 Å². The van der Waals surface area contributed by atoms with Crippen LogP contribution in [0.15, 0.2) is 63.4 Å². The van der Waals surface area contributed by atoms with E-state index in [-0.39, 0.29) is 0 Å². The van der Waals surface area contributed by atoms with Gasteiger partial charge in [0.1, 0.15) is 11.0 Å². The Morgan fingerprint density at radius 1 is 0.667 bits per heavy atom. The standard InChI is InChI=1S/C22H17N3O2/c1-12-3-5-19-17(7-12)24-21(26-19)14-9-15(11-16(23)10-14)22-25-18-8-13(2)4-6-20(18)27-22/h3-11H,23H2,1-2H3. The molecule has 0 saturated heterocycles. The van der Waals surface area contributed by atoms with Gasteiger partial charge in [-0.15, -0.1) is 0 Å². The normalized spacial score (nSPS) is 11.5. The lowest BCUT2D eigenvalue weighted by atomic mass is 10.1. The van der Waals surface area contributed by atoms with Crippen molar-refractivity contribution in [2.45, 2.75) is 13.8 Å². The summed E-state index contributed by atoms with van der Waals surface area (Å²) in [4.78, 5) is 9.20. The van der Waals surface area contributed by atoms with Crippen LogP contribution in [0.25, 0.3) is 45.1 Å². The zero-order chi connectivity index (χ0) is 18.5. The Labute approximate surface area is 155 Å². The molecule has 2 heterocycles. The van der Waals surface area contributed by atoms with Gasteiger partial charge in [0, 0.05) is 16.8 Å². The van der Waals surface area contributed by atoms with Gasteiger partial charge in [-0.2, -0.15) is 0 Å². The fraction of sp³-hybridized carbons (Fsp3) is 0.0909. The number of aromatic nitrogens is 2. The molecule has 0 aliphatic heterocycles. The highest BCUT2D eigenvalue weighted by Gasteiger charge is 2.14. The van der Waals surface area contributed by atoms with Crippen LogP contribution in [0.1, 0.15) is 11.1 Å². The number of aryl methyl sites for hydroxylation is 2. The monoisotopic (exact) mass is 355 g/mol. The number of benzene rings is 3. The van der Waals surface area contributed by atoms with Crippen molar-refractivity contribution in [2.75, 3.05) is 5.73 Å². The number of fused-ring (bicyclic) bond motifs is 2. The number of nitrogen functional groups attached to an aromatic ring is 1. The van der Waals surface area contributed by atoms with Crippen LogP contribution in [0, 0.1) is 13.8 Å². The van der Waals surface area contributed by atoms with Gasteiger partial charge in [0.05, 0.1) is 0 Å². The average molecular weight is 355 g/mol. The fourth-order valence-electron chi connectivity index (χ4n) is 3.22. The molecule has 5 nitrogen and oxygen atoms in total. The Kier molecular flexibility index (Phi) is 3.31. The lowest BCUT2D eigenvalue weighted by molar-refractivity contribution is 0.617. The van der Waals surface area contributed by atoms with Crippen LogP contribution >= 0.6 is 0 Å². The third kappa shape index (κ3) is 2.73. The molecule has 0 fully saturated rings. The fourth-order valence-corrected chi connectivity index (χ4v) is 3.22. The van der Waals surface area contributed by atoms with Gasteiger partial charge in [-0.1, -0.05) is 12.1 Å². The maximum atomic E-state index is 6.13. The van der Waals surface area contributed by atoms with E-state index < -0.39 is 0 Å². The van der Waals surface area contributed by atoms with Crippen LogP contribution in [-0.2, 0) is 0 Å². The topological polar surface area (TPSA) is 78.1 Å². The minimum atomic E-state index is 0.524. The summed E-state index contributed by atoms with van der Waals surface area (Å²) in [6.07, 6.45) is 0. The summed E-state index contributed by atoms with van der Waals surface area (Å²) in [5.74, 6) is 1.05. The quantitative estimate of drug-likeness (QED) is 0.423. The van der Waals surface area contributed by atoms with Gasteiger partial charge in [-0.3, -0.25) is 0 Å². The molecule has 132 valence electrons. The van der Waals surface area contributed by atoms with Gasteiger partial charge in [0.25, 0.3) is 0 Å². The van der Waals surface area contributed by atoms with E-state index in [1.807, 2.05) is 68.4 Å². The first-order valence-electron chi connectivity index (χ1n) is 8.71. The summed E-state index contributed by atoms with van der Waals surface area (Å²) in [7, 11) is 0. The molecular weight excluding hydrogens is 338 g/mol. The smallest absolute Gasteiger partial charge is 0.227 e. The van der Waals surface area contributed by atoms with Crippen LogP contribution < -0.4 is 5.73 Å². The van der Waals surface area contributed by atoms with E-state index in [2.05, 4.69) is 9.97 Å². The van der Waals surface area contributed by atoms with E-state index in [0.29, 0.717) is 17.5 Å². The SMILES string of the molecule is Cc1ccc2oc(-c3cc(N)cc(-c4nc5cc(C)ccc5o4)c3)nc2c1. The van der Waals surface area contributed by atoms with Gasteiger partial charge in [0.2, 0.25) is 11.8 Å². The third-order valence-electron chi connectivity index (χ3n) is 4.54. The van der Waals surface area contributed by atoms with Gasteiger partial charge in [-0.25, -0.2) is 9.97 Å². The number of nitrogens with zero attached hydrogens (tertiary/aromatic N) is 2. The molecule has 5 heteroatoms. The molecule has 27 heavy (non-hydrogen) atoms. The van der Waals surface area contributed by atoms with E-state index in [1.165, 1.54) is 0 Å². The molecule has 2 aromatic heterocycles. The molecule has 0 bridgehead atoms. The maximum Gasteiger partial charge on any atom is 0.227 e. The largest absolute Gasteiger partial charge is 0.436 e. The maximum absolute atomic E-state index is 6.13. The van der Waals surface area contributed by atoms with Crippen LogP contribution in [0.5, 0.6) is 0 Å². The third-order valence-corrected chi connectivity index (χ3v) is 4.54. The highest BCUT2D eigenvalue weighted by atomic mass is 16.4. The molecule has 0 aliphatic rings. The van der Waals surface area contributed by atoms with Gasteiger partial charge in [-0.05, 0) is 67.4 Å². The number of anilines is 1. The van der Waals surface area contributed by atoms with Crippen LogP contribution in [0.4, 0.5) is 5.69 Å². The Bertz CT molecular complexity index is 1220. The van der Waals surface area contributed by atoms with Crippen molar-refractivity contribution in [3.63, 3.8) is 0 Å². The molecule has 0 radical (unpaired) electrons. The zero-order valence-corrected chi connectivity index (χ0v) is 15.0. The summed E-state index contributed by atoms with van der Waals surface area (Å²) in [5.41, 5.74) is 13.7. The predicted octanol–water partition coefficient (Wildman–Crippen LogP) is 5.50. The summed E-state index contributed by atoms with van der Waals surface area (Å²) in [5, 5.41) is 0. The van der Waals surface area contributed by atoms with Crippen molar-refractivity contribution in [1.82, 2.24) is 9.97 Å². The lowest BCUT2D eigenvalue weighted by Crippen LogP contribution is -1.89. The molecule has 5 rings (SSSR count). The van der Waals surface area contributed by atoms with Crippen LogP contribution in [0.3, 0.4) is 0 Å². The van der Waals surface area contributed by atoms with E-state index in [1.54, 1.807) is 0 Å². The highest BCUT2D eigenvalue weighted by molar-refractivity contribution is 5.81. The Hall–Kier alpha value is -3.60. The van der Waals surface area contributed by atoms with Crippen molar-refractivity contribution in [2.24, 2.45) is 0 Å². The predicted molar refractivity (Wildman–Crippen MR) is 106 cm³/mol. The molecule has 0 atom stereocenters. The first-order chi connectivity index (χ1) is 13.0. The first-order valence-corrected chi connectivity index (χ1v) is 8.71. The number of hydrogen-bond donors (Lipinski definition) is 1. The van der Waals surface area contributed by atoms with Crippen molar-refractivity contribution >= 4 is 27.9 Å². The summed E-state index contributed by atoms with van der Waals surface area (Å²) < 4.78 is 11.8. The molecule has 2 N–H and O–H groups in total. The second kappa shape index (κ2) is 5.71. The molecular formula is C22H17N3O2. The summed E-state index contributed by atoms with van der Waals surface area (Å²) in [6.45, 7) is 4.06. The molecule has 3 aromatic carbocycles. The van der Waals surface area contributed by atoms with Gasteiger partial charge >= 0.3 is 0 Å². The summed E-state index contributed by atoms with van der Waals surface area (Å²) in [6, 6.07) is 17.5. The Balaban J connectivity index is 1.64. The average Bonchev–Trinajstić information content (AvgIpc) is 3.24. The first kappa shape index (κ1) is 15.6. The highest BCUT2D eigenvalue weighted by Crippen LogP contribution is 2.32. The van der Waals surface area contributed by atoms with Crippen molar-refractivity contribution in [1.29, 1.82) is 0 Å². The molecule has 0 aliphatic carbocycles. The number of rotatable bonds is 2. The van der Waals surface area contributed by atoms with E-state index in [9.17, 15) is 0 Å². The zero-order valence-electron chi connectivity index (χ0n) is 15.0. The van der Waals surface area contributed by atoms with Gasteiger partial charge < -0.3 is 14.6 Å². The van der Waals surface area contributed by atoms with Gasteiger partial charge in [0.15, 0.2) is 11.2 Å². The van der Waals surface area contributed by atoms with E-state index >= 15 is 0 Å². The Morgan fingerprint density at radius 3 is 1.63 bits per heavy atom. The van der Waals surface area contributed by atoms with E-state index in [0.717, 1.165) is 44.5 Å². The molecule has 0 spiro atoms. The second-order valence-corrected chi connectivity index (χ2v) is 6.82. The van der Waals surface area contributed by atoms with Crippen molar-refractivity contribution in [3.05, 3.63) is 65.7 Å². The lowest BCUT2D eigenvalue weighted by Gasteiger charge is -2.02. The Morgan fingerprint density at radius 2 is 1.15 bits per heavy atom.